The summed E-state index contributed by atoms with van der Waals surface area (Å²) in [4.78, 5) is 19.0. The van der Waals surface area contributed by atoms with Crippen LogP contribution in [0.15, 0.2) is 52.6 Å². The van der Waals surface area contributed by atoms with Gasteiger partial charge < -0.3 is 20.8 Å². The lowest BCUT2D eigenvalue weighted by molar-refractivity contribution is -0.0152. The quantitative estimate of drug-likeness (QED) is 0.548. The number of amidine groups is 1. The number of hydrogen-bond acceptors (Lipinski definition) is 8. The molecule has 30 heavy (non-hydrogen) atoms. The molecule has 0 aliphatic carbocycles. The fraction of sp³-hybridized carbons (Fsp3) is 0.300. The summed E-state index contributed by atoms with van der Waals surface area (Å²) in [6.45, 7) is 6.94. The molecule has 1 aliphatic heterocycles. The zero-order valence-electron chi connectivity index (χ0n) is 16.6. The first kappa shape index (κ1) is 20.9. The molecule has 1 saturated heterocycles. The molecule has 0 radical (unpaired) electrons. The lowest BCUT2D eigenvalue weighted by atomic mass is 10.0. The normalized spacial score (nSPS) is 20.5. The highest BCUT2D eigenvalue weighted by Crippen LogP contribution is 2.20. The van der Waals surface area contributed by atoms with E-state index in [1.807, 2.05) is 13.0 Å². The SMILES string of the molecule is C=N/C=C\C(=NCc1cnc2cnc(C#N)cn12)N1CCOC(/C(C=N)=C/N)C1C. The summed E-state index contributed by atoms with van der Waals surface area (Å²) in [5.41, 5.74) is 8.04. The van der Waals surface area contributed by atoms with Crippen LogP contribution in [0.1, 0.15) is 18.3 Å². The first-order valence-electron chi connectivity index (χ1n) is 9.32. The van der Waals surface area contributed by atoms with Gasteiger partial charge >= 0.3 is 0 Å². The van der Waals surface area contributed by atoms with E-state index >= 15 is 0 Å². The Morgan fingerprint density at radius 2 is 2.33 bits per heavy atom. The van der Waals surface area contributed by atoms with E-state index in [1.54, 1.807) is 35.3 Å². The number of aromatic nitrogens is 3. The highest BCUT2D eigenvalue weighted by molar-refractivity contribution is 5.93. The third kappa shape index (κ3) is 4.26. The molecule has 10 heteroatoms. The summed E-state index contributed by atoms with van der Waals surface area (Å²) in [6, 6.07) is 1.93. The second-order valence-corrected chi connectivity index (χ2v) is 6.57. The van der Waals surface area contributed by atoms with Crippen LogP contribution in [-0.2, 0) is 11.3 Å². The predicted octanol–water partition coefficient (Wildman–Crippen LogP) is 1.30. The molecule has 1 aliphatic rings. The van der Waals surface area contributed by atoms with Crippen LogP contribution in [0.3, 0.4) is 0 Å². The minimum Gasteiger partial charge on any atom is -0.404 e. The van der Waals surface area contributed by atoms with Gasteiger partial charge in [0.25, 0.3) is 0 Å². The average Bonchev–Trinajstić information content (AvgIpc) is 3.18. The van der Waals surface area contributed by atoms with E-state index in [1.165, 1.54) is 12.4 Å². The van der Waals surface area contributed by atoms with Crippen LogP contribution in [0.2, 0.25) is 0 Å². The Morgan fingerprint density at radius 1 is 1.50 bits per heavy atom. The Labute approximate surface area is 174 Å². The molecule has 3 rings (SSSR count). The van der Waals surface area contributed by atoms with Crippen molar-refractivity contribution in [2.75, 3.05) is 13.2 Å². The number of fused-ring (bicyclic) bond motifs is 1. The van der Waals surface area contributed by atoms with Gasteiger partial charge in [0, 0.05) is 36.9 Å². The van der Waals surface area contributed by atoms with Gasteiger partial charge in [-0.3, -0.25) is 14.4 Å². The van der Waals surface area contributed by atoms with Crippen LogP contribution >= 0.6 is 0 Å². The maximum absolute atomic E-state index is 9.10. The highest BCUT2D eigenvalue weighted by atomic mass is 16.5. The second kappa shape index (κ2) is 9.58. The first-order chi connectivity index (χ1) is 14.6. The first-order valence-corrected chi connectivity index (χ1v) is 9.32. The molecule has 0 aromatic carbocycles. The molecule has 154 valence electrons. The molecule has 2 atom stereocenters. The molecule has 2 aromatic rings. The number of nitrogens with one attached hydrogen (secondary N) is 1. The van der Waals surface area contributed by atoms with Gasteiger partial charge in [0.15, 0.2) is 11.3 Å². The van der Waals surface area contributed by atoms with Crippen molar-refractivity contribution in [1.29, 1.82) is 10.7 Å². The van der Waals surface area contributed by atoms with Crippen LogP contribution in [-0.4, -0.2) is 63.3 Å². The smallest absolute Gasteiger partial charge is 0.157 e. The number of nitrogens with two attached hydrogens (primary N) is 1. The third-order valence-electron chi connectivity index (χ3n) is 4.86. The van der Waals surface area contributed by atoms with E-state index in [2.05, 4.69) is 26.6 Å². The minimum atomic E-state index is -0.336. The number of aliphatic imine (C=N–C) groups is 2. The fourth-order valence-electron chi connectivity index (χ4n) is 3.34. The van der Waals surface area contributed by atoms with Crippen molar-refractivity contribution in [3.8, 4) is 6.07 Å². The Balaban J connectivity index is 1.92. The van der Waals surface area contributed by atoms with Crippen LogP contribution in [0, 0.1) is 16.7 Å². The second-order valence-electron chi connectivity index (χ2n) is 6.57. The number of rotatable bonds is 6. The lowest BCUT2D eigenvalue weighted by Gasteiger charge is -2.40. The van der Waals surface area contributed by atoms with Gasteiger partial charge in [-0.2, -0.15) is 5.26 Å². The highest BCUT2D eigenvalue weighted by Gasteiger charge is 2.32. The van der Waals surface area contributed by atoms with Gasteiger partial charge in [0.1, 0.15) is 18.0 Å². The van der Waals surface area contributed by atoms with Crippen LogP contribution in [0.4, 0.5) is 0 Å². The van der Waals surface area contributed by atoms with Crippen molar-refractivity contribution in [3.05, 3.63) is 54.0 Å². The Hall–Kier alpha value is -3.84. The van der Waals surface area contributed by atoms with E-state index in [0.29, 0.717) is 42.4 Å². The zero-order chi connectivity index (χ0) is 21.5. The largest absolute Gasteiger partial charge is 0.404 e. The topological polar surface area (TPSA) is 141 Å². The molecule has 2 aromatic heterocycles. The number of imidazole rings is 1. The molecule has 0 spiro atoms. The monoisotopic (exact) mass is 405 g/mol. The van der Waals surface area contributed by atoms with Crippen molar-refractivity contribution in [2.45, 2.75) is 25.6 Å². The van der Waals surface area contributed by atoms with Crippen molar-refractivity contribution >= 4 is 24.4 Å². The molecule has 2 unspecified atom stereocenters. The Kier molecular flexibility index (Phi) is 6.67. The maximum atomic E-state index is 9.10. The minimum absolute atomic E-state index is 0.0973. The van der Waals surface area contributed by atoms with E-state index in [4.69, 9.17) is 26.1 Å². The third-order valence-corrected chi connectivity index (χ3v) is 4.86. The molecule has 0 saturated carbocycles. The summed E-state index contributed by atoms with van der Waals surface area (Å²) < 4.78 is 7.65. The summed E-state index contributed by atoms with van der Waals surface area (Å²) in [6.07, 6.45) is 10.6. The van der Waals surface area contributed by atoms with E-state index < -0.39 is 0 Å². The number of hydrogen-bond donors (Lipinski definition) is 2. The van der Waals surface area contributed by atoms with E-state index in [9.17, 15) is 0 Å². The zero-order valence-corrected chi connectivity index (χ0v) is 16.6. The Bertz CT molecular complexity index is 1060. The van der Waals surface area contributed by atoms with Crippen molar-refractivity contribution in [3.63, 3.8) is 0 Å². The van der Waals surface area contributed by atoms with Gasteiger partial charge in [-0.1, -0.05) is 0 Å². The molecule has 0 bridgehead atoms. The Morgan fingerprint density at radius 3 is 3.03 bits per heavy atom. The molecule has 3 N–H and O–H groups in total. The molecule has 0 amide bonds. The molecule has 3 heterocycles. The maximum Gasteiger partial charge on any atom is 0.157 e. The predicted molar refractivity (Wildman–Crippen MR) is 114 cm³/mol. The van der Waals surface area contributed by atoms with Crippen LogP contribution in [0.25, 0.3) is 5.65 Å². The lowest BCUT2D eigenvalue weighted by Crippen LogP contribution is -2.52. The van der Waals surface area contributed by atoms with Gasteiger partial charge in [-0.15, -0.1) is 0 Å². The standard InChI is InChI=1S/C20H23N9O/c1-14-20(15(7-21)8-22)30-6-5-28(14)18(3-4-24-2)26-10-17-11-27-19-12-25-16(9-23)13-29(17)19/h3-4,7-8,11-14,20-21H,2,5-6,10,22H2,1H3/b4-3-,15-8+,21-7?,26-18?. The molecular formula is C20H23N9O. The summed E-state index contributed by atoms with van der Waals surface area (Å²) in [5, 5.41) is 16.7. The van der Waals surface area contributed by atoms with Crippen molar-refractivity contribution in [2.24, 2.45) is 15.7 Å². The number of ether oxygens (including phenoxy) is 1. The number of nitriles is 1. The molecule has 10 nitrogen and oxygen atoms in total. The van der Waals surface area contributed by atoms with Gasteiger partial charge in [0.05, 0.1) is 37.3 Å². The van der Waals surface area contributed by atoms with E-state index in [0.717, 1.165) is 5.69 Å². The number of morpholine rings is 1. The number of nitrogens with zero attached hydrogens (tertiary/aromatic N) is 7. The molecular weight excluding hydrogens is 382 g/mol. The van der Waals surface area contributed by atoms with Gasteiger partial charge in [0.2, 0.25) is 0 Å². The summed E-state index contributed by atoms with van der Waals surface area (Å²) in [5.74, 6) is 0.703. The van der Waals surface area contributed by atoms with Crippen molar-refractivity contribution < 1.29 is 4.74 Å². The molecule has 1 fully saturated rings. The van der Waals surface area contributed by atoms with Gasteiger partial charge in [-0.25, -0.2) is 9.97 Å². The van der Waals surface area contributed by atoms with E-state index in [-0.39, 0.29) is 12.1 Å². The van der Waals surface area contributed by atoms with Crippen LogP contribution in [0.5, 0.6) is 0 Å². The van der Waals surface area contributed by atoms with Gasteiger partial charge in [-0.05, 0) is 19.7 Å². The average molecular weight is 405 g/mol. The summed E-state index contributed by atoms with van der Waals surface area (Å²) >= 11 is 0. The van der Waals surface area contributed by atoms with Crippen LogP contribution < -0.4 is 5.73 Å². The van der Waals surface area contributed by atoms with Crippen molar-refractivity contribution in [1.82, 2.24) is 19.3 Å². The summed E-state index contributed by atoms with van der Waals surface area (Å²) in [7, 11) is 0. The fourth-order valence-corrected chi connectivity index (χ4v) is 3.34.